The SMILES string of the molecule is S=C(N/N=C\c1ccc(OCc2ccc(Cl)cc2)cc1)NC1CCCCC1. The van der Waals surface area contributed by atoms with Gasteiger partial charge in [-0.2, -0.15) is 5.10 Å². The maximum absolute atomic E-state index is 5.89. The smallest absolute Gasteiger partial charge is 0.187 e. The highest BCUT2D eigenvalue weighted by molar-refractivity contribution is 7.80. The summed E-state index contributed by atoms with van der Waals surface area (Å²) in [5.41, 5.74) is 4.94. The van der Waals surface area contributed by atoms with Gasteiger partial charge >= 0.3 is 0 Å². The van der Waals surface area contributed by atoms with E-state index in [4.69, 9.17) is 28.6 Å². The predicted molar refractivity (Wildman–Crippen MR) is 116 cm³/mol. The molecule has 2 N–H and O–H groups in total. The summed E-state index contributed by atoms with van der Waals surface area (Å²) in [6.07, 6.45) is 7.99. The van der Waals surface area contributed by atoms with Gasteiger partial charge in [0.2, 0.25) is 0 Å². The Hall–Kier alpha value is -2.11. The van der Waals surface area contributed by atoms with Gasteiger partial charge in [0.15, 0.2) is 5.11 Å². The minimum absolute atomic E-state index is 0.478. The first-order chi connectivity index (χ1) is 13.2. The van der Waals surface area contributed by atoms with E-state index in [1.807, 2.05) is 48.5 Å². The van der Waals surface area contributed by atoms with E-state index in [-0.39, 0.29) is 0 Å². The fourth-order valence-electron chi connectivity index (χ4n) is 3.03. The summed E-state index contributed by atoms with van der Waals surface area (Å²) in [5.74, 6) is 0.810. The summed E-state index contributed by atoms with van der Waals surface area (Å²) in [6.45, 7) is 0.507. The van der Waals surface area contributed by atoms with Crippen LogP contribution in [0.2, 0.25) is 5.02 Å². The lowest BCUT2D eigenvalue weighted by molar-refractivity contribution is 0.306. The zero-order valence-corrected chi connectivity index (χ0v) is 16.7. The average Bonchev–Trinajstić information content (AvgIpc) is 2.69. The van der Waals surface area contributed by atoms with E-state index in [9.17, 15) is 0 Å². The van der Waals surface area contributed by atoms with Crippen LogP contribution in [0.5, 0.6) is 5.75 Å². The van der Waals surface area contributed by atoms with Crippen molar-refractivity contribution in [3.63, 3.8) is 0 Å². The van der Waals surface area contributed by atoms with Crippen molar-refractivity contribution in [1.29, 1.82) is 0 Å². The van der Waals surface area contributed by atoms with E-state index < -0.39 is 0 Å². The average molecular weight is 402 g/mol. The molecule has 0 atom stereocenters. The van der Waals surface area contributed by atoms with Crippen molar-refractivity contribution in [2.24, 2.45) is 5.10 Å². The molecule has 0 saturated heterocycles. The molecule has 0 bridgehead atoms. The first-order valence-electron chi connectivity index (χ1n) is 9.26. The topological polar surface area (TPSA) is 45.7 Å². The maximum atomic E-state index is 5.89. The van der Waals surface area contributed by atoms with Crippen LogP contribution in [0.1, 0.15) is 43.2 Å². The third-order valence-corrected chi connectivity index (χ3v) is 4.98. The van der Waals surface area contributed by atoms with E-state index in [0.717, 1.165) is 21.9 Å². The fraction of sp³-hybridized carbons (Fsp3) is 0.333. The summed E-state index contributed by atoms with van der Waals surface area (Å²) in [7, 11) is 0. The Morgan fingerprint density at radius 2 is 1.78 bits per heavy atom. The van der Waals surface area contributed by atoms with Gasteiger partial charge in [-0.15, -0.1) is 0 Å². The highest BCUT2D eigenvalue weighted by Gasteiger charge is 2.13. The molecule has 0 aliphatic heterocycles. The van der Waals surface area contributed by atoms with E-state index in [2.05, 4.69) is 15.8 Å². The Morgan fingerprint density at radius 1 is 1.07 bits per heavy atom. The van der Waals surface area contributed by atoms with E-state index >= 15 is 0 Å². The lowest BCUT2D eigenvalue weighted by atomic mass is 9.96. The molecular weight excluding hydrogens is 378 g/mol. The molecule has 0 aromatic heterocycles. The van der Waals surface area contributed by atoms with Crippen LogP contribution in [-0.4, -0.2) is 17.4 Å². The molecule has 0 heterocycles. The molecule has 27 heavy (non-hydrogen) atoms. The van der Waals surface area contributed by atoms with Gasteiger partial charge in [0.1, 0.15) is 12.4 Å². The molecule has 142 valence electrons. The molecule has 0 spiro atoms. The summed E-state index contributed by atoms with van der Waals surface area (Å²) in [5, 5.41) is 8.85. The van der Waals surface area contributed by atoms with Crippen molar-refractivity contribution in [1.82, 2.24) is 10.7 Å². The summed E-state index contributed by atoms with van der Waals surface area (Å²) in [6, 6.07) is 15.9. The number of thiocarbonyl (C=S) groups is 1. The second-order valence-electron chi connectivity index (χ2n) is 6.66. The highest BCUT2D eigenvalue weighted by Crippen LogP contribution is 2.17. The van der Waals surface area contributed by atoms with Crippen molar-refractivity contribution in [2.75, 3.05) is 0 Å². The Morgan fingerprint density at radius 3 is 2.48 bits per heavy atom. The third-order valence-electron chi connectivity index (χ3n) is 4.52. The number of benzene rings is 2. The fourth-order valence-corrected chi connectivity index (χ4v) is 3.37. The van der Waals surface area contributed by atoms with E-state index in [1.165, 1.54) is 32.1 Å². The maximum Gasteiger partial charge on any atom is 0.187 e. The number of rotatable bonds is 6. The Bertz CT molecular complexity index is 756. The first-order valence-corrected chi connectivity index (χ1v) is 10.0. The normalized spacial score (nSPS) is 14.9. The molecule has 0 radical (unpaired) electrons. The molecule has 2 aromatic rings. The van der Waals surface area contributed by atoms with Crippen molar-refractivity contribution >= 4 is 35.1 Å². The first kappa shape index (κ1) is 19.6. The molecule has 1 saturated carbocycles. The molecule has 3 rings (SSSR count). The summed E-state index contributed by atoms with van der Waals surface area (Å²) in [4.78, 5) is 0. The van der Waals surface area contributed by atoms with Gasteiger partial charge in [0.25, 0.3) is 0 Å². The molecule has 4 nitrogen and oxygen atoms in total. The second-order valence-corrected chi connectivity index (χ2v) is 7.51. The highest BCUT2D eigenvalue weighted by atomic mass is 35.5. The van der Waals surface area contributed by atoms with E-state index in [0.29, 0.717) is 17.8 Å². The van der Waals surface area contributed by atoms with Gasteiger partial charge in [-0.25, -0.2) is 0 Å². The number of hydrogen-bond donors (Lipinski definition) is 2. The zero-order chi connectivity index (χ0) is 18.9. The number of hydrogen-bond acceptors (Lipinski definition) is 3. The molecule has 1 aliphatic carbocycles. The van der Waals surface area contributed by atoms with Gasteiger partial charge in [-0.3, -0.25) is 5.43 Å². The van der Waals surface area contributed by atoms with Gasteiger partial charge in [0.05, 0.1) is 6.21 Å². The van der Waals surface area contributed by atoms with Crippen LogP contribution < -0.4 is 15.5 Å². The number of nitrogens with one attached hydrogen (secondary N) is 2. The Balaban J connectivity index is 1.42. The van der Waals surface area contributed by atoms with Gasteiger partial charge in [-0.1, -0.05) is 43.0 Å². The minimum atomic E-state index is 0.478. The molecule has 0 unspecified atom stereocenters. The summed E-state index contributed by atoms with van der Waals surface area (Å²) >= 11 is 11.2. The number of hydrazone groups is 1. The standard InChI is InChI=1S/C21H24ClN3OS/c22-18-10-6-17(7-11-18)15-26-20-12-8-16(9-13-20)14-23-25-21(27)24-19-4-2-1-3-5-19/h6-14,19H,1-5,15H2,(H2,24,25,27)/b23-14-. The molecule has 2 aromatic carbocycles. The van der Waals surface area contributed by atoms with Crippen molar-refractivity contribution in [3.05, 3.63) is 64.7 Å². The largest absolute Gasteiger partial charge is 0.489 e. The van der Waals surface area contributed by atoms with Crippen molar-refractivity contribution < 1.29 is 4.74 Å². The van der Waals surface area contributed by atoms with Crippen LogP contribution in [0.25, 0.3) is 0 Å². The second kappa shape index (κ2) is 10.3. The lowest BCUT2D eigenvalue weighted by Crippen LogP contribution is -2.40. The Kier molecular flexibility index (Phi) is 7.48. The van der Waals surface area contributed by atoms with Gasteiger partial charge in [-0.05, 0) is 72.6 Å². The van der Waals surface area contributed by atoms with Crippen molar-refractivity contribution in [3.8, 4) is 5.75 Å². The van der Waals surface area contributed by atoms with E-state index in [1.54, 1.807) is 6.21 Å². The number of ether oxygens (including phenoxy) is 1. The molecular formula is C21H24ClN3OS. The predicted octanol–water partition coefficient (Wildman–Crippen LogP) is 5.05. The minimum Gasteiger partial charge on any atom is -0.489 e. The van der Waals surface area contributed by atoms with Gasteiger partial charge < -0.3 is 10.1 Å². The van der Waals surface area contributed by atoms with Crippen LogP contribution in [0.3, 0.4) is 0 Å². The molecule has 0 amide bonds. The zero-order valence-electron chi connectivity index (χ0n) is 15.2. The Labute approximate surface area is 171 Å². The number of halogens is 1. The molecule has 1 aliphatic rings. The van der Waals surface area contributed by atoms with Crippen molar-refractivity contribution in [2.45, 2.75) is 44.8 Å². The third kappa shape index (κ3) is 6.85. The monoisotopic (exact) mass is 401 g/mol. The molecule has 6 heteroatoms. The van der Waals surface area contributed by atoms with Crippen LogP contribution >= 0.6 is 23.8 Å². The quantitative estimate of drug-likeness (QED) is 0.404. The summed E-state index contributed by atoms with van der Waals surface area (Å²) < 4.78 is 5.78. The number of nitrogens with zero attached hydrogens (tertiary/aromatic N) is 1. The van der Waals surface area contributed by atoms with Crippen LogP contribution in [0, 0.1) is 0 Å². The van der Waals surface area contributed by atoms with Crippen LogP contribution in [-0.2, 0) is 6.61 Å². The molecule has 1 fully saturated rings. The lowest BCUT2D eigenvalue weighted by Gasteiger charge is -2.23. The van der Waals surface area contributed by atoms with Gasteiger partial charge in [0, 0.05) is 11.1 Å². The van der Waals surface area contributed by atoms with Crippen LogP contribution in [0.4, 0.5) is 0 Å². The van der Waals surface area contributed by atoms with Crippen LogP contribution in [0.15, 0.2) is 53.6 Å².